The van der Waals surface area contributed by atoms with Crippen molar-refractivity contribution in [1.82, 2.24) is 0 Å². The van der Waals surface area contributed by atoms with E-state index in [0.29, 0.717) is 6.42 Å². The Morgan fingerprint density at radius 2 is 1.86 bits per heavy atom. The minimum absolute atomic E-state index is 0.118. The Balaban J connectivity index is 2.27. The van der Waals surface area contributed by atoms with Crippen LogP contribution in [0.3, 0.4) is 0 Å². The molecule has 1 unspecified atom stereocenters. The van der Waals surface area contributed by atoms with E-state index in [9.17, 15) is 4.79 Å². The predicted octanol–water partition coefficient (Wildman–Crippen LogP) is 2.79. The minimum atomic E-state index is -0.223. The second-order valence-electron chi connectivity index (χ2n) is 4.90. The Morgan fingerprint density at radius 3 is 2.48 bits per heavy atom. The quantitative estimate of drug-likeness (QED) is 0.477. The van der Waals surface area contributed by atoms with Crippen LogP contribution in [0.15, 0.2) is 30.3 Å². The highest BCUT2D eigenvalue weighted by Crippen LogP contribution is 2.26. The molecule has 6 heteroatoms. The van der Waals surface area contributed by atoms with Crippen LogP contribution in [-0.4, -0.2) is 35.5 Å². The Morgan fingerprint density at radius 1 is 1.19 bits per heavy atom. The zero-order valence-corrected chi connectivity index (χ0v) is 14.8. The second-order valence-corrected chi connectivity index (χ2v) is 8.44. The van der Waals surface area contributed by atoms with Crippen LogP contribution in [0.1, 0.15) is 12.0 Å². The van der Waals surface area contributed by atoms with E-state index in [0.717, 1.165) is 29.2 Å². The van der Waals surface area contributed by atoms with Gasteiger partial charge in [0, 0.05) is 17.5 Å². The van der Waals surface area contributed by atoms with Crippen LogP contribution in [0, 0.1) is 5.92 Å². The minimum Gasteiger partial charge on any atom is -0.369 e. The number of amides is 1. The van der Waals surface area contributed by atoms with E-state index in [1.54, 1.807) is 21.6 Å². The number of thioether (sulfide) groups is 1. The monoisotopic (exact) mass is 344 g/mol. The van der Waals surface area contributed by atoms with Crippen molar-refractivity contribution >= 4 is 39.3 Å². The first-order chi connectivity index (χ1) is 10.1. The van der Waals surface area contributed by atoms with Gasteiger partial charge in [-0.15, -0.1) is 0 Å². The van der Waals surface area contributed by atoms with Gasteiger partial charge in [-0.1, -0.05) is 51.9 Å². The third-order valence-corrected chi connectivity index (χ3v) is 6.28. The highest BCUT2D eigenvalue weighted by atomic mass is 33.1. The number of nitrogens with two attached hydrogens (primary N) is 2. The smallest absolute Gasteiger partial charge is 0.221 e. The van der Waals surface area contributed by atoms with Crippen molar-refractivity contribution in [2.75, 3.05) is 23.5 Å². The number of hydrogen-bond acceptors (Lipinski definition) is 5. The summed E-state index contributed by atoms with van der Waals surface area (Å²) in [7, 11) is 3.44. The molecule has 0 aliphatic heterocycles. The molecule has 1 rings (SSSR count). The maximum atomic E-state index is 11.5. The van der Waals surface area contributed by atoms with Gasteiger partial charge in [0.05, 0.1) is 5.92 Å². The van der Waals surface area contributed by atoms with Crippen LogP contribution >= 0.6 is 33.3 Å². The summed E-state index contributed by atoms with van der Waals surface area (Å²) in [4.78, 5) is 11.5. The molecule has 0 bridgehead atoms. The van der Waals surface area contributed by atoms with Crippen molar-refractivity contribution < 1.29 is 4.79 Å². The molecule has 0 saturated heterocycles. The predicted molar refractivity (Wildman–Crippen MR) is 98.7 cm³/mol. The molecule has 4 N–H and O–H groups in total. The molecule has 0 radical (unpaired) electrons. The standard InChI is InChI=1S/C15H24N2OS3/c1-19-8-7-14(16)11-21-20-10-13(15(17)18)9-12-5-3-2-4-6-12/h2-6,13-14H,7-11,16H2,1H3,(H2,17,18)/t13?,14-/m0/s1. The number of carbonyl (C=O) groups is 1. The summed E-state index contributed by atoms with van der Waals surface area (Å²) in [5.74, 6) is 2.42. The summed E-state index contributed by atoms with van der Waals surface area (Å²) < 4.78 is 0. The molecule has 0 spiro atoms. The molecule has 1 aromatic rings. The molecule has 1 amide bonds. The molecule has 21 heavy (non-hydrogen) atoms. The molecule has 0 aliphatic carbocycles. The highest BCUT2D eigenvalue weighted by molar-refractivity contribution is 8.76. The zero-order valence-electron chi connectivity index (χ0n) is 12.4. The van der Waals surface area contributed by atoms with Crippen LogP contribution in [0.25, 0.3) is 0 Å². The molecule has 0 heterocycles. The normalized spacial score (nSPS) is 13.8. The Labute approximate surface area is 139 Å². The highest BCUT2D eigenvalue weighted by Gasteiger charge is 2.16. The van der Waals surface area contributed by atoms with Crippen molar-refractivity contribution in [1.29, 1.82) is 0 Å². The van der Waals surface area contributed by atoms with Gasteiger partial charge in [-0.3, -0.25) is 4.79 Å². The van der Waals surface area contributed by atoms with Crippen LogP contribution in [0.5, 0.6) is 0 Å². The van der Waals surface area contributed by atoms with E-state index in [-0.39, 0.29) is 17.9 Å². The van der Waals surface area contributed by atoms with Gasteiger partial charge in [0.1, 0.15) is 0 Å². The number of hydrogen-bond donors (Lipinski definition) is 2. The fraction of sp³-hybridized carbons (Fsp3) is 0.533. The van der Waals surface area contributed by atoms with E-state index < -0.39 is 0 Å². The average Bonchev–Trinajstić information content (AvgIpc) is 2.49. The second kappa shape index (κ2) is 11.3. The van der Waals surface area contributed by atoms with Crippen molar-refractivity contribution in [2.45, 2.75) is 18.9 Å². The first-order valence-corrected chi connectivity index (χ1v) is 10.8. The lowest BCUT2D eigenvalue weighted by Crippen LogP contribution is -2.27. The van der Waals surface area contributed by atoms with E-state index in [2.05, 4.69) is 6.26 Å². The maximum absolute atomic E-state index is 11.5. The molecule has 2 atom stereocenters. The molecule has 118 valence electrons. The molecule has 0 fully saturated rings. The van der Waals surface area contributed by atoms with E-state index in [1.807, 2.05) is 42.1 Å². The largest absolute Gasteiger partial charge is 0.369 e. The van der Waals surface area contributed by atoms with Crippen molar-refractivity contribution in [3.63, 3.8) is 0 Å². The number of primary amides is 1. The van der Waals surface area contributed by atoms with E-state index in [1.165, 1.54) is 0 Å². The fourth-order valence-electron chi connectivity index (χ4n) is 1.76. The number of carbonyl (C=O) groups excluding carboxylic acids is 1. The lowest BCUT2D eigenvalue weighted by molar-refractivity contribution is -0.121. The van der Waals surface area contributed by atoms with Gasteiger partial charge < -0.3 is 11.5 Å². The molecular formula is C15H24N2OS3. The van der Waals surface area contributed by atoms with Gasteiger partial charge in [0.15, 0.2) is 0 Å². The Hall–Kier alpha value is -0.300. The average molecular weight is 345 g/mol. The van der Waals surface area contributed by atoms with Gasteiger partial charge >= 0.3 is 0 Å². The summed E-state index contributed by atoms with van der Waals surface area (Å²) in [5, 5.41) is 0. The van der Waals surface area contributed by atoms with Crippen LogP contribution in [0.2, 0.25) is 0 Å². The molecule has 0 aromatic heterocycles. The summed E-state index contributed by atoms with van der Waals surface area (Å²) in [5.41, 5.74) is 12.7. The summed E-state index contributed by atoms with van der Waals surface area (Å²) in [6.45, 7) is 0. The summed E-state index contributed by atoms with van der Waals surface area (Å²) >= 11 is 1.82. The number of rotatable bonds is 11. The maximum Gasteiger partial charge on any atom is 0.221 e. The lowest BCUT2D eigenvalue weighted by Gasteiger charge is -2.14. The first kappa shape index (κ1) is 18.7. The van der Waals surface area contributed by atoms with Gasteiger partial charge in [0.2, 0.25) is 5.91 Å². The van der Waals surface area contributed by atoms with E-state index >= 15 is 0 Å². The molecule has 0 aliphatic rings. The Kier molecular flexibility index (Phi) is 10.1. The third-order valence-electron chi connectivity index (χ3n) is 3.05. The van der Waals surface area contributed by atoms with Crippen molar-refractivity contribution in [3.8, 4) is 0 Å². The molecule has 0 saturated carbocycles. The van der Waals surface area contributed by atoms with Gasteiger partial charge in [0.25, 0.3) is 0 Å². The fourth-order valence-corrected chi connectivity index (χ4v) is 4.87. The molecular weight excluding hydrogens is 320 g/mol. The number of benzene rings is 1. The Bertz CT molecular complexity index is 403. The molecule has 3 nitrogen and oxygen atoms in total. The van der Waals surface area contributed by atoms with Gasteiger partial charge in [-0.2, -0.15) is 11.8 Å². The van der Waals surface area contributed by atoms with Crippen LogP contribution < -0.4 is 11.5 Å². The third kappa shape index (κ3) is 8.66. The lowest BCUT2D eigenvalue weighted by atomic mass is 10.0. The first-order valence-electron chi connectivity index (χ1n) is 6.95. The topological polar surface area (TPSA) is 69.1 Å². The SMILES string of the molecule is CSCC[C@H](N)CSSCC(Cc1ccccc1)C(N)=O. The van der Waals surface area contributed by atoms with Crippen molar-refractivity contribution in [3.05, 3.63) is 35.9 Å². The van der Waals surface area contributed by atoms with Gasteiger partial charge in [-0.25, -0.2) is 0 Å². The summed E-state index contributed by atoms with van der Waals surface area (Å²) in [6, 6.07) is 10.2. The van der Waals surface area contributed by atoms with Crippen molar-refractivity contribution in [2.24, 2.45) is 17.4 Å². The molecule has 1 aromatic carbocycles. The van der Waals surface area contributed by atoms with Crippen LogP contribution in [0.4, 0.5) is 0 Å². The zero-order chi connectivity index (χ0) is 15.5. The summed E-state index contributed by atoms with van der Waals surface area (Å²) in [6.07, 6.45) is 3.84. The van der Waals surface area contributed by atoms with E-state index in [4.69, 9.17) is 11.5 Å². The van der Waals surface area contributed by atoms with Gasteiger partial charge in [-0.05, 0) is 30.4 Å². The van der Waals surface area contributed by atoms with Crippen LogP contribution in [-0.2, 0) is 11.2 Å².